The molecule has 0 atom stereocenters. The van der Waals surface area contributed by atoms with Crippen LogP contribution in [0.3, 0.4) is 0 Å². The molecule has 0 unspecified atom stereocenters. The van der Waals surface area contributed by atoms with Crippen molar-refractivity contribution in [1.82, 2.24) is 0 Å². The van der Waals surface area contributed by atoms with Crippen molar-refractivity contribution in [3.8, 4) is 11.1 Å². The summed E-state index contributed by atoms with van der Waals surface area (Å²) in [6.45, 7) is 0. The van der Waals surface area contributed by atoms with Gasteiger partial charge in [0.1, 0.15) is 0 Å². The van der Waals surface area contributed by atoms with Gasteiger partial charge in [-0.15, -0.1) is 0 Å². The minimum absolute atomic E-state index is 0.666. The molecule has 0 saturated heterocycles. The molecule has 2 aromatic carbocycles. The van der Waals surface area contributed by atoms with Gasteiger partial charge in [0.15, 0.2) is 0 Å². The average molecular weight is 265 g/mol. The van der Waals surface area contributed by atoms with E-state index in [1.165, 1.54) is 18.3 Å². The van der Waals surface area contributed by atoms with Crippen molar-refractivity contribution in [3.63, 3.8) is 0 Å². The van der Waals surface area contributed by atoms with Crippen LogP contribution in [0, 0.1) is 0 Å². The Balaban J connectivity index is 2.27. The largest absolute Gasteiger partial charge is 0.416 e. The highest BCUT2D eigenvalue weighted by molar-refractivity contribution is 5.80. The summed E-state index contributed by atoms with van der Waals surface area (Å²) >= 11 is 0. The van der Waals surface area contributed by atoms with Crippen LogP contribution >= 0.6 is 0 Å². The van der Waals surface area contributed by atoms with Crippen LogP contribution in [-0.2, 0) is 6.18 Å². The monoisotopic (exact) mass is 265 g/mol. The summed E-state index contributed by atoms with van der Waals surface area (Å²) in [5, 5.41) is 11.3. The Morgan fingerprint density at radius 2 is 1.32 bits per heavy atom. The van der Waals surface area contributed by atoms with E-state index in [1.54, 1.807) is 24.3 Å². The molecule has 2 aromatic rings. The lowest BCUT2D eigenvalue weighted by Crippen LogP contribution is -2.03. The third-order valence-corrected chi connectivity index (χ3v) is 2.66. The molecular weight excluding hydrogens is 255 g/mol. The maximum Gasteiger partial charge on any atom is 0.416 e. The number of hydrogen-bond donors (Lipinski definition) is 1. The maximum absolute atomic E-state index is 12.4. The number of hydrogen-bond acceptors (Lipinski definition) is 2. The smallest absolute Gasteiger partial charge is 0.411 e. The molecule has 0 fully saturated rings. The molecule has 0 aliphatic heterocycles. The van der Waals surface area contributed by atoms with E-state index in [2.05, 4.69) is 5.16 Å². The second kappa shape index (κ2) is 5.14. The van der Waals surface area contributed by atoms with Crippen LogP contribution in [0.15, 0.2) is 53.7 Å². The van der Waals surface area contributed by atoms with Gasteiger partial charge < -0.3 is 5.21 Å². The minimum Gasteiger partial charge on any atom is -0.411 e. The van der Waals surface area contributed by atoms with Gasteiger partial charge in [-0.3, -0.25) is 0 Å². The van der Waals surface area contributed by atoms with Crippen LogP contribution < -0.4 is 0 Å². The Bertz CT molecular complexity index is 571. The molecule has 0 saturated carbocycles. The minimum atomic E-state index is -4.32. The summed E-state index contributed by atoms with van der Waals surface area (Å²) in [5.74, 6) is 0. The molecule has 0 spiro atoms. The normalized spacial score (nSPS) is 11.9. The van der Waals surface area contributed by atoms with Gasteiger partial charge in [0, 0.05) is 0 Å². The average Bonchev–Trinajstić information content (AvgIpc) is 2.39. The summed E-state index contributed by atoms with van der Waals surface area (Å²) in [6.07, 6.45) is -3.05. The van der Waals surface area contributed by atoms with Gasteiger partial charge >= 0.3 is 6.18 Å². The number of rotatable bonds is 2. The lowest BCUT2D eigenvalue weighted by Gasteiger charge is -2.07. The summed E-state index contributed by atoms with van der Waals surface area (Å²) in [6, 6.07) is 11.9. The van der Waals surface area contributed by atoms with Gasteiger partial charge in [-0.25, -0.2) is 0 Å². The van der Waals surface area contributed by atoms with Crippen LogP contribution in [0.25, 0.3) is 11.1 Å². The van der Waals surface area contributed by atoms with E-state index in [1.807, 2.05) is 0 Å². The van der Waals surface area contributed by atoms with E-state index in [-0.39, 0.29) is 0 Å². The van der Waals surface area contributed by atoms with Crippen molar-refractivity contribution in [2.75, 3.05) is 0 Å². The molecule has 0 amide bonds. The van der Waals surface area contributed by atoms with E-state index < -0.39 is 11.7 Å². The number of alkyl halides is 3. The number of halogens is 3. The lowest BCUT2D eigenvalue weighted by molar-refractivity contribution is -0.137. The van der Waals surface area contributed by atoms with E-state index in [9.17, 15) is 13.2 Å². The van der Waals surface area contributed by atoms with Gasteiger partial charge in [-0.05, 0) is 28.8 Å². The molecular formula is C14H10F3NO. The van der Waals surface area contributed by atoms with Crippen LogP contribution in [0.1, 0.15) is 11.1 Å². The molecule has 0 aliphatic rings. The van der Waals surface area contributed by atoms with Crippen molar-refractivity contribution >= 4 is 6.21 Å². The van der Waals surface area contributed by atoms with E-state index in [4.69, 9.17) is 5.21 Å². The first-order chi connectivity index (χ1) is 9.00. The van der Waals surface area contributed by atoms with Crippen LogP contribution in [0.4, 0.5) is 13.2 Å². The molecule has 19 heavy (non-hydrogen) atoms. The van der Waals surface area contributed by atoms with Gasteiger partial charge in [0.2, 0.25) is 0 Å². The Kier molecular flexibility index (Phi) is 3.55. The molecule has 0 heterocycles. The van der Waals surface area contributed by atoms with Gasteiger partial charge in [-0.2, -0.15) is 13.2 Å². The molecule has 98 valence electrons. The zero-order chi connectivity index (χ0) is 13.9. The van der Waals surface area contributed by atoms with Crippen LogP contribution in [0.2, 0.25) is 0 Å². The lowest BCUT2D eigenvalue weighted by atomic mass is 10.0. The van der Waals surface area contributed by atoms with Crippen LogP contribution in [0.5, 0.6) is 0 Å². The molecule has 0 bridgehead atoms. The van der Waals surface area contributed by atoms with Gasteiger partial charge in [-0.1, -0.05) is 41.6 Å². The third-order valence-electron chi connectivity index (χ3n) is 2.66. The topological polar surface area (TPSA) is 32.6 Å². The zero-order valence-corrected chi connectivity index (χ0v) is 9.72. The first-order valence-corrected chi connectivity index (χ1v) is 5.46. The van der Waals surface area contributed by atoms with Crippen molar-refractivity contribution in [2.24, 2.45) is 5.16 Å². The fraction of sp³-hybridized carbons (Fsp3) is 0.0714. The Morgan fingerprint density at radius 1 is 0.842 bits per heavy atom. The maximum atomic E-state index is 12.4. The van der Waals surface area contributed by atoms with Gasteiger partial charge in [0.05, 0.1) is 11.8 Å². The number of nitrogens with zero attached hydrogens (tertiary/aromatic N) is 1. The fourth-order valence-corrected chi connectivity index (χ4v) is 1.68. The van der Waals surface area contributed by atoms with Crippen molar-refractivity contribution < 1.29 is 18.4 Å². The summed E-state index contributed by atoms with van der Waals surface area (Å²) < 4.78 is 37.3. The van der Waals surface area contributed by atoms with Crippen molar-refractivity contribution in [1.29, 1.82) is 0 Å². The highest BCUT2D eigenvalue weighted by atomic mass is 19.4. The Hall–Kier alpha value is -2.30. The predicted octanol–water partition coefficient (Wildman–Crippen LogP) is 4.18. The molecule has 2 nitrogen and oxygen atoms in total. The summed E-state index contributed by atoms with van der Waals surface area (Å²) in [5.41, 5.74) is 1.53. The summed E-state index contributed by atoms with van der Waals surface area (Å²) in [7, 11) is 0. The molecule has 5 heteroatoms. The molecule has 0 aromatic heterocycles. The molecule has 1 N–H and O–H groups in total. The van der Waals surface area contributed by atoms with Crippen molar-refractivity contribution in [3.05, 3.63) is 59.7 Å². The number of oxime groups is 1. The molecule has 0 radical (unpaired) electrons. The first kappa shape index (κ1) is 13.1. The zero-order valence-electron chi connectivity index (χ0n) is 9.72. The van der Waals surface area contributed by atoms with E-state index in [0.29, 0.717) is 11.1 Å². The second-order valence-electron chi connectivity index (χ2n) is 3.94. The van der Waals surface area contributed by atoms with E-state index >= 15 is 0 Å². The fourth-order valence-electron chi connectivity index (χ4n) is 1.68. The highest BCUT2D eigenvalue weighted by Crippen LogP contribution is 2.30. The standard InChI is InChI=1S/C14H10F3NO/c15-14(16,17)13-7-5-12(6-8-13)11-3-1-10(2-4-11)9-18-19/h1-9,19H/b18-9-. The molecule has 2 rings (SSSR count). The Labute approximate surface area is 107 Å². The Morgan fingerprint density at radius 3 is 1.74 bits per heavy atom. The first-order valence-electron chi connectivity index (χ1n) is 5.46. The van der Waals surface area contributed by atoms with Crippen molar-refractivity contribution in [2.45, 2.75) is 6.18 Å². The second-order valence-corrected chi connectivity index (χ2v) is 3.94. The predicted molar refractivity (Wildman–Crippen MR) is 66.3 cm³/mol. The third kappa shape index (κ3) is 3.13. The summed E-state index contributed by atoms with van der Waals surface area (Å²) in [4.78, 5) is 0. The molecule has 0 aliphatic carbocycles. The van der Waals surface area contributed by atoms with Crippen LogP contribution in [-0.4, -0.2) is 11.4 Å². The quantitative estimate of drug-likeness (QED) is 0.493. The van der Waals surface area contributed by atoms with E-state index in [0.717, 1.165) is 17.7 Å². The number of benzene rings is 2. The highest BCUT2D eigenvalue weighted by Gasteiger charge is 2.29. The SMILES string of the molecule is O/N=C\c1ccc(-c2ccc(C(F)(F)F)cc2)cc1. The van der Waals surface area contributed by atoms with Gasteiger partial charge in [0.25, 0.3) is 0 Å².